The van der Waals surface area contributed by atoms with Crippen molar-refractivity contribution in [2.24, 2.45) is 0 Å². The van der Waals surface area contributed by atoms with Gasteiger partial charge in [-0.3, -0.25) is 4.79 Å². The number of carbonyl (C=O) groups is 1. The van der Waals surface area contributed by atoms with Gasteiger partial charge < -0.3 is 5.11 Å². The number of aliphatic carboxylic acids is 1. The molecule has 0 saturated heterocycles. The molecule has 0 heterocycles. The van der Waals surface area contributed by atoms with E-state index in [1.165, 1.54) is 0 Å². The number of halogens is 6. The predicted molar refractivity (Wildman–Crippen MR) is 35.7 cm³/mol. The molecular formula is C6H7F6NO2. The van der Waals surface area contributed by atoms with E-state index >= 15 is 0 Å². The Labute approximate surface area is 80.3 Å². The molecule has 0 aliphatic rings. The maximum atomic E-state index is 11.8. The molecule has 90 valence electrons. The van der Waals surface area contributed by atoms with E-state index in [1.807, 2.05) is 0 Å². The van der Waals surface area contributed by atoms with E-state index < -0.39 is 42.9 Å². The fourth-order valence-corrected chi connectivity index (χ4v) is 0.786. The molecule has 9 heteroatoms. The first kappa shape index (κ1) is 14.0. The van der Waals surface area contributed by atoms with Crippen LogP contribution in [0.2, 0.25) is 0 Å². The van der Waals surface area contributed by atoms with E-state index in [-0.39, 0.29) is 0 Å². The zero-order valence-corrected chi connectivity index (χ0v) is 7.19. The van der Waals surface area contributed by atoms with Crippen LogP contribution in [0.4, 0.5) is 26.3 Å². The maximum Gasteiger partial charge on any atom is 0.467 e. The van der Waals surface area contributed by atoms with Gasteiger partial charge in [0, 0.05) is 13.0 Å². The Balaban J connectivity index is 4.35. The highest BCUT2D eigenvalue weighted by Gasteiger charge is 2.53. The van der Waals surface area contributed by atoms with Gasteiger partial charge in [0.25, 0.3) is 0 Å². The summed E-state index contributed by atoms with van der Waals surface area (Å²) in [6.45, 7) is -1.42. The summed E-state index contributed by atoms with van der Waals surface area (Å²) >= 11 is 0. The van der Waals surface area contributed by atoms with Crippen molar-refractivity contribution in [3.8, 4) is 0 Å². The lowest BCUT2D eigenvalue weighted by atomic mass is 10.3. The average molecular weight is 239 g/mol. The Hall–Kier alpha value is -0.990. The van der Waals surface area contributed by atoms with Crippen LogP contribution >= 0.6 is 0 Å². The van der Waals surface area contributed by atoms with E-state index in [2.05, 4.69) is 0 Å². The first-order valence-electron chi connectivity index (χ1n) is 3.68. The van der Waals surface area contributed by atoms with Gasteiger partial charge in [-0.1, -0.05) is 0 Å². The van der Waals surface area contributed by atoms with Crippen molar-refractivity contribution in [3.63, 3.8) is 0 Å². The summed E-state index contributed by atoms with van der Waals surface area (Å²) in [5.74, 6) is -1.45. The number of nitrogens with zero attached hydrogens (tertiary/aromatic N) is 1. The fourth-order valence-electron chi connectivity index (χ4n) is 0.786. The van der Waals surface area contributed by atoms with Crippen molar-refractivity contribution in [3.05, 3.63) is 0 Å². The monoisotopic (exact) mass is 239 g/mol. The van der Waals surface area contributed by atoms with Crippen molar-refractivity contribution < 1.29 is 36.2 Å². The van der Waals surface area contributed by atoms with Crippen LogP contribution in [0.5, 0.6) is 0 Å². The highest BCUT2D eigenvalue weighted by atomic mass is 19.4. The van der Waals surface area contributed by atoms with Gasteiger partial charge in [-0.2, -0.15) is 26.3 Å². The van der Waals surface area contributed by atoms with Gasteiger partial charge in [-0.05, 0) is 6.42 Å². The summed E-state index contributed by atoms with van der Waals surface area (Å²) in [5, 5.41) is 8.05. The number of carboxylic acid groups (broad SMARTS) is 1. The number of alkyl halides is 6. The molecule has 0 aliphatic heterocycles. The third-order valence-electron chi connectivity index (χ3n) is 1.38. The van der Waals surface area contributed by atoms with E-state index in [0.29, 0.717) is 0 Å². The van der Waals surface area contributed by atoms with Crippen LogP contribution in [-0.4, -0.2) is 35.1 Å². The minimum absolute atomic E-state index is 0.728. The van der Waals surface area contributed by atoms with Crippen LogP contribution in [0.15, 0.2) is 0 Å². The van der Waals surface area contributed by atoms with E-state index in [4.69, 9.17) is 5.11 Å². The van der Waals surface area contributed by atoms with Crippen molar-refractivity contribution in [2.75, 3.05) is 6.54 Å². The highest BCUT2D eigenvalue weighted by Crippen LogP contribution is 2.33. The summed E-state index contributed by atoms with van der Waals surface area (Å²) in [6.07, 6.45) is -12.6. The summed E-state index contributed by atoms with van der Waals surface area (Å²) in [5.41, 5.74) is 0. The lowest BCUT2D eigenvalue weighted by Crippen LogP contribution is -2.48. The minimum Gasteiger partial charge on any atom is -0.481 e. The number of carboxylic acids is 1. The minimum atomic E-state index is -5.54. The molecule has 0 spiro atoms. The van der Waals surface area contributed by atoms with Crippen molar-refractivity contribution in [1.82, 2.24) is 4.90 Å². The van der Waals surface area contributed by atoms with Gasteiger partial charge in [0.05, 0.1) is 0 Å². The second-order valence-corrected chi connectivity index (χ2v) is 2.58. The van der Waals surface area contributed by atoms with Crippen molar-refractivity contribution >= 4 is 5.97 Å². The number of rotatable bonds is 4. The fraction of sp³-hybridized carbons (Fsp3) is 0.833. The Morgan fingerprint density at radius 2 is 1.47 bits per heavy atom. The van der Waals surface area contributed by atoms with Crippen molar-refractivity contribution in [2.45, 2.75) is 25.4 Å². The smallest absolute Gasteiger partial charge is 0.467 e. The molecule has 0 rings (SSSR count). The normalized spacial score (nSPS) is 13.3. The van der Waals surface area contributed by atoms with Gasteiger partial charge in [0.2, 0.25) is 0 Å². The Kier molecular flexibility index (Phi) is 4.38. The molecule has 0 atom stereocenters. The van der Waals surface area contributed by atoms with E-state index in [0.717, 1.165) is 0 Å². The molecule has 0 aromatic carbocycles. The summed E-state index contributed by atoms with van der Waals surface area (Å²) < 4.78 is 70.8. The molecule has 0 saturated carbocycles. The number of hydrogen-bond acceptors (Lipinski definition) is 2. The molecular weight excluding hydrogens is 232 g/mol. The van der Waals surface area contributed by atoms with Crippen molar-refractivity contribution in [1.29, 1.82) is 0 Å². The van der Waals surface area contributed by atoms with E-state index in [9.17, 15) is 31.1 Å². The topological polar surface area (TPSA) is 40.5 Å². The standard InChI is InChI=1S/C6H7F6NO2/c7-5(8,9)13(6(10,11)12)3-1-2-4(14)15/h1-3H2,(H,14,15). The molecule has 0 unspecified atom stereocenters. The first-order valence-corrected chi connectivity index (χ1v) is 3.68. The molecule has 0 fully saturated rings. The molecule has 3 nitrogen and oxygen atoms in total. The zero-order valence-electron chi connectivity index (χ0n) is 7.19. The molecule has 0 aliphatic carbocycles. The van der Waals surface area contributed by atoms with Crippen LogP contribution in [0.1, 0.15) is 12.8 Å². The number of hydrogen-bond donors (Lipinski definition) is 1. The Bertz CT molecular complexity index is 209. The molecule has 0 aromatic rings. The quantitative estimate of drug-likeness (QED) is 0.603. The first-order chi connectivity index (χ1) is 6.55. The molecule has 0 aromatic heterocycles. The summed E-state index contributed by atoms with van der Waals surface area (Å²) in [6, 6.07) is 0. The van der Waals surface area contributed by atoms with Crippen LogP contribution in [0, 0.1) is 0 Å². The third-order valence-corrected chi connectivity index (χ3v) is 1.38. The lowest BCUT2D eigenvalue weighted by Gasteiger charge is -2.26. The maximum absolute atomic E-state index is 11.8. The molecule has 0 amide bonds. The summed E-state index contributed by atoms with van der Waals surface area (Å²) in [4.78, 5) is 8.25. The van der Waals surface area contributed by atoms with Gasteiger partial charge in [-0.25, -0.2) is 0 Å². The predicted octanol–water partition coefficient (Wildman–Crippen LogP) is 2.19. The lowest BCUT2D eigenvalue weighted by molar-refractivity contribution is -0.372. The second kappa shape index (κ2) is 4.69. The Morgan fingerprint density at radius 3 is 1.73 bits per heavy atom. The third kappa shape index (κ3) is 5.45. The largest absolute Gasteiger partial charge is 0.481 e. The highest BCUT2D eigenvalue weighted by molar-refractivity contribution is 5.66. The van der Waals surface area contributed by atoms with Crippen LogP contribution in [0.3, 0.4) is 0 Å². The second-order valence-electron chi connectivity index (χ2n) is 2.58. The summed E-state index contributed by atoms with van der Waals surface area (Å²) in [7, 11) is 0. The molecule has 15 heavy (non-hydrogen) atoms. The average Bonchev–Trinajstić information content (AvgIpc) is 1.92. The Morgan fingerprint density at radius 1 is 1.07 bits per heavy atom. The SMILES string of the molecule is O=C(O)CCCN(C(F)(F)F)C(F)(F)F. The molecule has 0 radical (unpaired) electrons. The molecule has 0 bridgehead atoms. The van der Waals surface area contributed by atoms with Gasteiger partial charge in [-0.15, -0.1) is 4.90 Å². The van der Waals surface area contributed by atoms with Gasteiger partial charge >= 0.3 is 18.6 Å². The zero-order chi connectivity index (χ0) is 12.3. The van der Waals surface area contributed by atoms with Crippen LogP contribution in [-0.2, 0) is 4.79 Å². The van der Waals surface area contributed by atoms with Gasteiger partial charge in [0.1, 0.15) is 0 Å². The van der Waals surface area contributed by atoms with Gasteiger partial charge in [0.15, 0.2) is 0 Å². The molecule has 1 N–H and O–H groups in total. The van der Waals surface area contributed by atoms with E-state index in [1.54, 1.807) is 0 Å². The van der Waals surface area contributed by atoms with Crippen LogP contribution in [0.25, 0.3) is 0 Å². The van der Waals surface area contributed by atoms with Crippen LogP contribution < -0.4 is 0 Å².